The molecule has 1 aromatic carbocycles. The SMILES string of the molecule is COc1ccc(C(CC2CCOCC2)NN)c(OC)c1. The first-order chi connectivity index (χ1) is 9.78. The van der Waals surface area contributed by atoms with E-state index >= 15 is 0 Å². The fourth-order valence-corrected chi connectivity index (χ4v) is 2.71. The number of hydrogen-bond acceptors (Lipinski definition) is 5. The van der Waals surface area contributed by atoms with Crippen molar-refractivity contribution in [1.82, 2.24) is 5.43 Å². The van der Waals surface area contributed by atoms with Gasteiger partial charge in [0.25, 0.3) is 0 Å². The van der Waals surface area contributed by atoms with Crippen molar-refractivity contribution in [3.8, 4) is 11.5 Å². The highest BCUT2D eigenvalue weighted by Gasteiger charge is 2.22. The maximum absolute atomic E-state index is 5.75. The van der Waals surface area contributed by atoms with Gasteiger partial charge in [-0.3, -0.25) is 11.3 Å². The lowest BCUT2D eigenvalue weighted by molar-refractivity contribution is 0.0604. The zero-order chi connectivity index (χ0) is 14.4. The summed E-state index contributed by atoms with van der Waals surface area (Å²) in [7, 11) is 3.31. The van der Waals surface area contributed by atoms with Crippen LogP contribution in [0.5, 0.6) is 11.5 Å². The van der Waals surface area contributed by atoms with Crippen LogP contribution >= 0.6 is 0 Å². The van der Waals surface area contributed by atoms with Crippen molar-refractivity contribution in [2.24, 2.45) is 11.8 Å². The summed E-state index contributed by atoms with van der Waals surface area (Å²) < 4.78 is 16.1. The number of nitrogens with two attached hydrogens (primary N) is 1. The lowest BCUT2D eigenvalue weighted by atomic mass is 9.89. The molecule has 1 unspecified atom stereocenters. The number of hydrazine groups is 1. The Labute approximate surface area is 120 Å². The molecule has 0 saturated carbocycles. The van der Waals surface area contributed by atoms with Crippen LogP contribution in [-0.4, -0.2) is 27.4 Å². The zero-order valence-electron chi connectivity index (χ0n) is 12.2. The smallest absolute Gasteiger partial charge is 0.127 e. The predicted octanol–water partition coefficient (Wildman–Crippen LogP) is 2.02. The molecule has 1 aliphatic rings. The molecule has 0 amide bonds. The predicted molar refractivity (Wildman–Crippen MR) is 77.8 cm³/mol. The summed E-state index contributed by atoms with van der Waals surface area (Å²) in [6.45, 7) is 1.70. The molecule has 5 nitrogen and oxygen atoms in total. The van der Waals surface area contributed by atoms with E-state index in [0.29, 0.717) is 5.92 Å². The second-order valence-electron chi connectivity index (χ2n) is 5.12. The van der Waals surface area contributed by atoms with Gasteiger partial charge in [0.2, 0.25) is 0 Å². The highest BCUT2D eigenvalue weighted by molar-refractivity contribution is 5.42. The summed E-state index contributed by atoms with van der Waals surface area (Å²) in [5, 5.41) is 0. The average Bonchev–Trinajstić information content (AvgIpc) is 2.53. The molecule has 1 heterocycles. The first-order valence-corrected chi connectivity index (χ1v) is 7.04. The van der Waals surface area contributed by atoms with Gasteiger partial charge in [-0.1, -0.05) is 6.07 Å². The molecule has 5 heteroatoms. The molecule has 2 rings (SSSR count). The van der Waals surface area contributed by atoms with Crippen LogP contribution in [0.4, 0.5) is 0 Å². The third-order valence-corrected chi connectivity index (χ3v) is 3.93. The van der Waals surface area contributed by atoms with E-state index < -0.39 is 0 Å². The summed E-state index contributed by atoms with van der Waals surface area (Å²) >= 11 is 0. The van der Waals surface area contributed by atoms with Crippen LogP contribution in [0.2, 0.25) is 0 Å². The Morgan fingerprint density at radius 1 is 1.30 bits per heavy atom. The van der Waals surface area contributed by atoms with E-state index in [1.807, 2.05) is 18.2 Å². The first-order valence-electron chi connectivity index (χ1n) is 7.04. The Morgan fingerprint density at radius 2 is 2.05 bits per heavy atom. The molecular weight excluding hydrogens is 256 g/mol. The molecule has 1 aliphatic heterocycles. The lowest BCUT2D eigenvalue weighted by Crippen LogP contribution is -2.31. The van der Waals surface area contributed by atoms with Gasteiger partial charge in [-0.25, -0.2) is 0 Å². The second kappa shape index (κ2) is 7.47. The molecule has 0 spiro atoms. The van der Waals surface area contributed by atoms with Crippen LogP contribution in [0.15, 0.2) is 18.2 Å². The van der Waals surface area contributed by atoms with E-state index in [0.717, 1.165) is 49.5 Å². The third kappa shape index (κ3) is 3.62. The lowest BCUT2D eigenvalue weighted by Gasteiger charge is -2.27. The Kier molecular flexibility index (Phi) is 5.64. The van der Waals surface area contributed by atoms with Crippen molar-refractivity contribution >= 4 is 0 Å². The summed E-state index contributed by atoms with van der Waals surface area (Å²) in [5.41, 5.74) is 3.99. The minimum Gasteiger partial charge on any atom is -0.497 e. The van der Waals surface area contributed by atoms with E-state index in [2.05, 4.69) is 5.43 Å². The van der Waals surface area contributed by atoms with Crippen molar-refractivity contribution in [2.45, 2.75) is 25.3 Å². The van der Waals surface area contributed by atoms with E-state index in [1.54, 1.807) is 14.2 Å². The van der Waals surface area contributed by atoms with Gasteiger partial charge in [0.05, 0.1) is 14.2 Å². The van der Waals surface area contributed by atoms with Gasteiger partial charge in [-0.05, 0) is 31.2 Å². The van der Waals surface area contributed by atoms with Crippen molar-refractivity contribution in [3.63, 3.8) is 0 Å². The molecule has 20 heavy (non-hydrogen) atoms. The van der Waals surface area contributed by atoms with Gasteiger partial charge in [0.15, 0.2) is 0 Å². The highest BCUT2D eigenvalue weighted by Crippen LogP contribution is 2.34. The number of benzene rings is 1. The van der Waals surface area contributed by atoms with E-state index in [4.69, 9.17) is 20.1 Å². The molecule has 0 aromatic heterocycles. The monoisotopic (exact) mass is 280 g/mol. The number of ether oxygens (including phenoxy) is 3. The normalized spacial score (nSPS) is 17.8. The third-order valence-electron chi connectivity index (χ3n) is 3.93. The van der Waals surface area contributed by atoms with Crippen molar-refractivity contribution in [3.05, 3.63) is 23.8 Å². The zero-order valence-corrected chi connectivity index (χ0v) is 12.2. The molecule has 1 atom stereocenters. The van der Waals surface area contributed by atoms with Crippen molar-refractivity contribution < 1.29 is 14.2 Å². The second-order valence-corrected chi connectivity index (χ2v) is 5.12. The number of hydrogen-bond donors (Lipinski definition) is 2. The summed E-state index contributed by atoms with van der Waals surface area (Å²) in [4.78, 5) is 0. The topological polar surface area (TPSA) is 65.7 Å². The average molecular weight is 280 g/mol. The Hall–Kier alpha value is -1.30. The van der Waals surface area contributed by atoms with Gasteiger partial charge >= 0.3 is 0 Å². The molecule has 0 aliphatic carbocycles. The molecular formula is C15H24N2O3. The minimum absolute atomic E-state index is 0.0824. The summed E-state index contributed by atoms with van der Waals surface area (Å²) in [6, 6.07) is 5.93. The Balaban J connectivity index is 2.13. The molecule has 0 bridgehead atoms. The van der Waals surface area contributed by atoms with Gasteiger partial charge in [0, 0.05) is 30.9 Å². The fourth-order valence-electron chi connectivity index (χ4n) is 2.71. The number of nitrogens with one attached hydrogen (secondary N) is 1. The van der Waals surface area contributed by atoms with Gasteiger partial charge < -0.3 is 14.2 Å². The van der Waals surface area contributed by atoms with Crippen molar-refractivity contribution in [2.75, 3.05) is 27.4 Å². The fraction of sp³-hybridized carbons (Fsp3) is 0.600. The van der Waals surface area contributed by atoms with Crippen LogP contribution in [0.1, 0.15) is 30.9 Å². The van der Waals surface area contributed by atoms with Crippen LogP contribution in [0.3, 0.4) is 0 Å². The summed E-state index contributed by atoms with van der Waals surface area (Å²) in [6.07, 6.45) is 3.18. The van der Waals surface area contributed by atoms with E-state index in [9.17, 15) is 0 Å². The summed E-state index contributed by atoms with van der Waals surface area (Å²) in [5.74, 6) is 7.97. The van der Waals surface area contributed by atoms with Gasteiger partial charge in [0.1, 0.15) is 11.5 Å². The minimum atomic E-state index is 0.0824. The Morgan fingerprint density at radius 3 is 2.65 bits per heavy atom. The van der Waals surface area contributed by atoms with Crippen molar-refractivity contribution in [1.29, 1.82) is 0 Å². The van der Waals surface area contributed by atoms with Crippen LogP contribution in [0.25, 0.3) is 0 Å². The molecule has 112 valence electrons. The standard InChI is InChI=1S/C15H24N2O3/c1-18-12-3-4-13(15(10-12)19-2)14(17-16)9-11-5-7-20-8-6-11/h3-4,10-11,14,17H,5-9,16H2,1-2H3. The molecule has 0 radical (unpaired) electrons. The van der Waals surface area contributed by atoms with E-state index in [-0.39, 0.29) is 6.04 Å². The van der Waals surface area contributed by atoms with E-state index in [1.165, 1.54) is 0 Å². The number of methoxy groups -OCH3 is 2. The van der Waals surface area contributed by atoms with Crippen LogP contribution in [0, 0.1) is 5.92 Å². The number of rotatable bonds is 6. The molecule has 1 aromatic rings. The molecule has 3 N–H and O–H groups in total. The van der Waals surface area contributed by atoms with Crippen LogP contribution in [-0.2, 0) is 4.74 Å². The van der Waals surface area contributed by atoms with Crippen LogP contribution < -0.4 is 20.7 Å². The molecule has 1 fully saturated rings. The quantitative estimate of drug-likeness (QED) is 0.616. The molecule has 1 saturated heterocycles. The maximum Gasteiger partial charge on any atom is 0.127 e. The van der Waals surface area contributed by atoms with Gasteiger partial charge in [-0.2, -0.15) is 0 Å². The largest absolute Gasteiger partial charge is 0.497 e. The Bertz CT molecular complexity index is 420. The maximum atomic E-state index is 5.75. The first kappa shape index (κ1) is 15.1. The highest BCUT2D eigenvalue weighted by atomic mass is 16.5. The van der Waals surface area contributed by atoms with Gasteiger partial charge in [-0.15, -0.1) is 0 Å².